The molecule has 0 bridgehead atoms. The van der Waals surface area contributed by atoms with Crippen molar-refractivity contribution in [3.63, 3.8) is 0 Å². The van der Waals surface area contributed by atoms with Gasteiger partial charge in [-0.3, -0.25) is 4.48 Å². The SMILES string of the molecule is CCCCCCCCCCCC/C=C\CCCCCCCCCCC(CCC)([P+](=O)[O-])[N+](C)(C)C. The van der Waals surface area contributed by atoms with Crippen LogP contribution in [0.3, 0.4) is 0 Å². The molecule has 0 saturated heterocycles. The largest absolute Gasteiger partial charge is 0.590 e. The van der Waals surface area contributed by atoms with Crippen LogP contribution in [-0.2, 0) is 4.57 Å². The van der Waals surface area contributed by atoms with Crippen LogP contribution in [0.25, 0.3) is 0 Å². The quantitative estimate of drug-likeness (QED) is 0.0500. The molecule has 0 aliphatic carbocycles. The zero-order chi connectivity index (χ0) is 26.3. The Balaban J connectivity index is 3.55. The summed E-state index contributed by atoms with van der Waals surface area (Å²) in [5.74, 6) is 0. The molecule has 0 saturated carbocycles. The van der Waals surface area contributed by atoms with Gasteiger partial charge in [0.2, 0.25) is 0 Å². The van der Waals surface area contributed by atoms with Gasteiger partial charge in [0.25, 0.3) is 5.28 Å². The summed E-state index contributed by atoms with van der Waals surface area (Å²) in [6, 6.07) is 0. The van der Waals surface area contributed by atoms with Crippen molar-refractivity contribution in [2.45, 2.75) is 167 Å². The van der Waals surface area contributed by atoms with Crippen LogP contribution < -0.4 is 4.89 Å². The van der Waals surface area contributed by atoms with Crippen molar-refractivity contribution in [2.75, 3.05) is 21.1 Å². The number of hydrogen-bond acceptors (Lipinski definition) is 2. The van der Waals surface area contributed by atoms with E-state index in [1.165, 1.54) is 116 Å². The van der Waals surface area contributed by atoms with Crippen LogP contribution in [0.15, 0.2) is 12.2 Å². The van der Waals surface area contributed by atoms with E-state index < -0.39 is 13.3 Å². The minimum absolute atomic E-state index is 0.521. The molecular formula is C31H63NO2P+. The van der Waals surface area contributed by atoms with Crippen LogP contribution in [0, 0.1) is 0 Å². The fourth-order valence-corrected chi connectivity index (χ4v) is 6.58. The molecule has 0 aliphatic heterocycles. The third-order valence-corrected chi connectivity index (χ3v) is 9.55. The van der Waals surface area contributed by atoms with Gasteiger partial charge in [-0.05, 0) is 38.5 Å². The smallest absolute Gasteiger partial charge is 0.376 e. The van der Waals surface area contributed by atoms with Gasteiger partial charge in [-0.1, -0.05) is 127 Å². The highest BCUT2D eigenvalue weighted by atomic mass is 31.1. The lowest BCUT2D eigenvalue weighted by atomic mass is 9.99. The lowest BCUT2D eigenvalue weighted by molar-refractivity contribution is -0.910. The summed E-state index contributed by atoms with van der Waals surface area (Å²) in [6.07, 6.45) is 34.1. The van der Waals surface area contributed by atoms with E-state index in [1.54, 1.807) is 0 Å². The molecule has 2 atom stereocenters. The zero-order valence-corrected chi connectivity index (χ0v) is 25.5. The van der Waals surface area contributed by atoms with Gasteiger partial charge < -0.3 is 4.89 Å². The van der Waals surface area contributed by atoms with E-state index in [0.29, 0.717) is 4.48 Å². The van der Waals surface area contributed by atoms with Crippen LogP contribution in [0.5, 0.6) is 0 Å². The number of nitrogens with zero attached hydrogens (tertiary/aromatic N) is 1. The van der Waals surface area contributed by atoms with Crippen molar-refractivity contribution >= 4 is 8.03 Å². The first-order valence-corrected chi connectivity index (χ1v) is 16.6. The van der Waals surface area contributed by atoms with Crippen LogP contribution in [0.2, 0.25) is 0 Å². The van der Waals surface area contributed by atoms with Crippen LogP contribution in [0.1, 0.15) is 162 Å². The molecule has 0 spiro atoms. The molecule has 208 valence electrons. The molecule has 3 nitrogen and oxygen atoms in total. The number of allylic oxidation sites excluding steroid dienone is 2. The van der Waals surface area contributed by atoms with E-state index >= 15 is 0 Å². The van der Waals surface area contributed by atoms with Gasteiger partial charge in [0.05, 0.1) is 21.1 Å². The maximum absolute atomic E-state index is 12.1. The molecule has 0 aliphatic rings. The first kappa shape index (κ1) is 34.8. The van der Waals surface area contributed by atoms with Crippen molar-refractivity contribution in [3.8, 4) is 0 Å². The van der Waals surface area contributed by atoms with Crippen molar-refractivity contribution < 1.29 is 13.9 Å². The monoisotopic (exact) mass is 512 g/mol. The molecule has 4 heteroatoms. The molecule has 0 radical (unpaired) electrons. The number of unbranched alkanes of at least 4 members (excludes halogenated alkanes) is 18. The summed E-state index contributed by atoms with van der Waals surface area (Å²) in [6.45, 7) is 4.38. The summed E-state index contributed by atoms with van der Waals surface area (Å²) in [5, 5.41) is -0.592. The fourth-order valence-electron chi connectivity index (χ4n) is 5.34. The highest BCUT2D eigenvalue weighted by Crippen LogP contribution is 2.45. The Labute approximate surface area is 222 Å². The van der Waals surface area contributed by atoms with Crippen molar-refractivity contribution in [2.24, 2.45) is 0 Å². The second-order valence-corrected chi connectivity index (χ2v) is 13.2. The van der Waals surface area contributed by atoms with E-state index in [0.717, 1.165) is 32.1 Å². The third kappa shape index (κ3) is 17.8. The van der Waals surface area contributed by atoms with Gasteiger partial charge in [0.15, 0.2) is 0 Å². The summed E-state index contributed by atoms with van der Waals surface area (Å²) in [7, 11) is 3.68. The summed E-state index contributed by atoms with van der Waals surface area (Å²) >= 11 is 0. The Hall–Kier alpha value is -0.240. The molecule has 0 aromatic rings. The van der Waals surface area contributed by atoms with E-state index in [9.17, 15) is 9.46 Å². The first-order chi connectivity index (χ1) is 16.8. The molecule has 0 aromatic heterocycles. The molecule has 0 aromatic carbocycles. The molecule has 0 N–H and O–H groups in total. The topological polar surface area (TPSA) is 40.1 Å². The lowest BCUT2D eigenvalue weighted by Crippen LogP contribution is -2.55. The van der Waals surface area contributed by atoms with Gasteiger partial charge in [-0.15, -0.1) is 0 Å². The molecule has 0 heterocycles. The number of hydrogen-bond donors (Lipinski definition) is 0. The Morgan fingerprint density at radius 3 is 1.29 bits per heavy atom. The van der Waals surface area contributed by atoms with Gasteiger partial charge in [-0.2, -0.15) is 0 Å². The normalized spacial score (nSPS) is 14.5. The van der Waals surface area contributed by atoms with Gasteiger partial charge in [-0.25, -0.2) is 0 Å². The predicted molar refractivity (Wildman–Crippen MR) is 155 cm³/mol. The Morgan fingerprint density at radius 1 is 0.571 bits per heavy atom. The Bertz CT molecular complexity index is 515. The average molecular weight is 513 g/mol. The highest BCUT2D eigenvalue weighted by molar-refractivity contribution is 7.38. The summed E-state index contributed by atoms with van der Waals surface area (Å²) in [4.78, 5) is 12.1. The molecule has 35 heavy (non-hydrogen) atoms. The fraction of sp³-hybridized carbons (Fsp3) is 0.935. The van der Waals surface area contributed by atoms with E-state index in [2.05, 4.69) is 26.0 Å². The van der Waals surface area contributed by atoms with Crippen molar-refractivity contribution in [1.29, 1.82) is 0 Å². The van der Waals surface area contributed by atoms with E-state index in [4.69, 9.17) is 0 Å². The molecular weight excluding hydrogens is 449 g/mol. The average Bonchev–Trinajstić information content (AvgIpc) is 2.80. The lowest BCUT2D eigenvalue weighted by Gasteiger charge is -2.39. The van der Waals surface area contributed by atoms with Gasteiger partial charge in [0.1, 0.15) is 0 Å². The van der Waals surface area contributed by atoms with Crippen LogP contribution in [0.4, 0.5) is 0 Å². The third-order valence-electron chi connectivity index (χ3n) is 7.83. The maximum atomic E-state index is 12.1. The minimum Gasteiger partial charge on any atom is -0.590 e. The van der Waals surface area contributed by atoms with Gasteiger partial charge >= 0.3 is 8.03 Å². The standard InChI is InChI=1S/C31H63NO2P/c1-6-8-9-10-11-12-13-14-15-16-17-18-19-20-21-22-23-24-25-26-27-28-30-31(29-7-2,35(33)34)32(3,4)5/h18-19H,6-17,20-30H2,1-5H3/q+1/b19-18-. The zero-order valence-electron chi connectivity index (χ0n) is 24.6. The van der Waals surface area contributed by atoms with E-state index in [-0.39, 0.29) is 0 Å². The van der Waals surface area contributed by atoms with E-state index in [1.807, 2.05) is 21.1 Å². The highest BCUT2D eigenvalue weighted by Gasteiger charge is 2.53. The summed E-state index contributed by atoms with van der Waals surface area (Å²) < 4.78 is 12.6. The Morgan fingerprint density at radius 2 is 0.943 bits per heavy atom. The Kier molecular flexibility index (Phi) is 22.8. The van der Waals surface area contributed by atoms with Crippen molar-refractivity contribution in [1.82, 2.24) is 0 Å². The number of rotatable bonds is 26. The van der Waals surface area contributed by atoms with Crippen LogP contribution >= 0.6 is 8.03 Å². The predicted octanol–water partition coefficient (Wildman–Crippen LogP) is 10.1. The molecule has 0 rings (SSSR count). The minimum atomic E-state index is -2.42. The molecule has 0 fully saturated rings. The number of quaternary nitrogens is 1. The van der Waals surface area contributed by atoms with Gasteiger partial charge in [0, 0.05) is 12.8 Å². The van der Waals surface area contributed by atoms with Crippen molar-refractivity contribution in [3.05, 3.63) is 12.2 Å². The molecule has 0 amide bonds. The first-order valence-electron chi connectivity index (χ1n) is 15.4. The second-order valence-electron chi connectivity index (χ2n) is 11.8. The van der Waals surface area contributed by atoms with Crippen LogP contribution in [-0.4, -0.2) is 30.9 Å². The molecule has 2 unspecified atom stereocenters. The maximum Gasteiger partial charge on any atom is 0.376 e. The summed E-state index contributed by atoms with van der Waals surface area (Å²) in [5.41, 5.74) is 0. The second kappa shape index (κ2) is 22.9.